The maximum atomic E-state index is 13.5. The van der Waals surface area contributed by atoms with Crippen LogP contribution in [0, 0.1) is 5.82 Å². The van der Waals surface area contributed by atoms with E-state index in [-0.39, 0.29) is 11.8 Å². The van der Waals surface area contributed by atoms with Crippen molar-refractivity contribution in [3.8, 4) is 0 Å². The third-order valence-electron chi connectivity index (χ3n) is 3.30. The SMILES string of the molecule is CC(C)(C)OC(=O)N1CCN(c2cccc(F)c2N)CC1. The highest BCUT2D eigenvalue weighted by molar-refractivity contribution is 5.70. The van der Waals surface area contributed by atoms with Crippen molar-refractivity contribution in [2.75, 3.05) is 36.8 Å². The number of halogens is 1. The molecule has 0 saturated carbocycles. The molecule has 2 N–H and O–H groups in total. The van der Waals surface area contributed by atoms with Gasteiger partial charge < -0.3 is 20.3 Å². The molecule has 0 unspecified atom stereocenters. The summed E-state index contributed by atoms with van der Waals surface area (Å²) in [6.07, 6.45) is -0.311. The van der Waals surface area contributed by atoms with Crippen LogP contribution in [0.1, 0.15) is 20.8 Å². The number of ether oxygens (including phenoxy) is 1. The zero-order valence-electron chi connectivity index (χ0n) is 12.7. The molecule has 0 atom stereocenters. The fourth-order valence-electron chi connectivity index (χ4n) is 2.26. The van der Waals surface area contributed by atoms with Gasteiger partial charge in [-0.25, -0.2) is 9.18 Å². The first-order chi connectivity index (χ1) is 9.78. The molecule has 1 aromatic rings. The molecule has 0 bridgehead atoms. The van der Waals surface area contributed by atoms with E-state index in [2.05, 4.69) is 0 Å². The first-order valence-electron chi connectivity index (χ1n) is 7.05. The third-order valence-corrected chi connectivity index (χ3v) is 3.30. The number of benzene rings is 1. The number of anilines is 2. The lowest BCUT2D eigenvalue weighted by atomic mass is 10.2. The lowest BCUT2D eigenvalue weighted by molar-refractivity contribution is 0.0240. The number of hydrogen-bond acceptors (Lipinski definition) is 4. The summed E-state index contributed by atoms with van der Waals surface area (Å²) >= 11 is 0. The van der Waals surface area contributed by atoms with E-state index < -0.39 is 11.4 Å². The van der Waals surface area contributed by atoms with Gasteiger partial charge in [0.05, 0.1) is 11.4 Å². The maximum Gasteiger partial charge on any atom is 0.410 e. The van der Waals surface area contributed by atoms with Crippen LogP contribution in [0.4, 0.5) is 20.6 Å². The predicted octanol–water partition coefficient (Wildman–Crippen LogP) is 2.47. The highest BCUT2D eigenvalue weighted by atomic mass is 19.1. The van der Waals surface area contributed by atoms with Crippen molar-refractivity contribution < 1.29 is 13.9 Å². The van der Waals surface area contributed by atoms with Crippen LogP contribution >= 0.6 is 0 Å². The van der Waals surface area contributed by atoms with Crippen LogP contribution < -0.4 is 10.6 Å². The largest absolute Gasteiger partial charge is 0.444 e. The number of carbonyl (C=O) groups excluding carboxylic acids is 1. The molecular formula is C15H22FN3O2. The molecule has 1 heterocycles. The number of carbonyl (C=O) groups is 1. The van der Waals surface area contributed by atoms with E-state index in [1.165, 1.54) is 6.07 Å². The van der Waals surface area contributed by atoms with Crippen molar-refractivity contribution in [2.45, 2.75) is 26.4 Å². The van der Waals surface area contributed by atoms with Crippen LogP contribution in [0.2, 0.25) is 0 Å². The van der Waals surface area contributed by atoms with Crippen LogP contribution in [0.5, 0.6) is 0 Å². The second kappa shape index (κ2) is 5.79. The van der Waals surface area contributed by atoms with E-state index in [0.717, 1.165) is 0 Å². The molecule has 1 aromatic carbocycles. The van der Waals surface area contributed by atoms with Crippen LogP contribution in [0.3, 0.4) is 0 Å². The summed E-state index contributed by atoms with van der Waals surface area (Å²) in [5.41, 5.74) is 6.11. The summed E-state index contributed by atoms with van der Waals surface area (Å²) in [7, 11) is 0. The molecule has 0 aliphatic carbocycles. The molecule has 0 aromatic heterocycles. The quantitative estimate of drug-likeness (QED) is 0.809. The molecule has 0 radical (unpaired) electrons. The Morgan fingerprint density at radius 1 is 1.24 bits per heavy atom. The summed E-state index contributed by atoms with van der Waals surface area (Å²) in [4.78, 5) is 15.6. The Morgan fingerprint density at radius 3 is 2.43 bits per heavy atom. The molecule has 1 fully saturated rings. The average molecular weight is 295 g/mol. The van der Waals surface area contributed by atoms with Crippen LogP contribution in [-0.4, -0.2) is 42.8 Å². The number of para-hydroxylation sites is 1. The Kier molecular flexibility index (Phi) is 4.25. The minimum atomic E-state index is -0.499. The van der Waals surface area contributed by atoms with Crippen LogP contribution in [0.15, 0.2) is 18.2 Å². The van der Waals surface area contributed by atoms with Gasteiger partial charge in [0, 0.05) is 26.2 Å². The van der Waals surface area contributed by atoms with Gasteiger partial charge in [-0.05, 0) is 32.9 Å². The van der Waals surface area contributed by atoms with E-state index >= 15 is 0 Å². The molecular weight excluding hydrogens is 273 g/mol. The maximum absolute atomic E-state index is 13.5. The average Bonchev–Trinajstić information content (AvgIpc) is 2.40. The number of rotatable bonds is 1. The Bertz CT molecular complexity index is 520. The van der Waals surface area contributed by atoms with E-state index in [0.29, 0.717) is 31.9 Å². The smallest absolute Gasteiger partial charge is 0.410 e. The van der Waals surface area contributed by atoms with Crippen molar-refractivity contribution in [2.24, 2.45) is 0 Å². The van der Waals surface area contributed by atoms with Crippen molar-refractivity contribution in [3.05, 3.63) is 24.0 Å². The van der Waals surface area contributed by atoms with Gasteiger partial charge >= 0.3 is 6.09 Å². The minimum absolute atomic E-state index is 0.156. The van der Waals surface area contributed by atoms with E-state index in [4.69, 9.17) is 10.5 Å². The number of nitrogens with two attached hydrogens (primary N) is 1. The zero-order valence-corrected chi connectivity index (χ0v) is 12.7. The lowest BCUT2D eigenvalue weighted by Gasteiger charge is -2.37. The number of amides is 1. The second-order valence-corrected chi connectivity index (χ2v) is 6.13. The second-order valence-electron chi connectivity index (χ2n) is 6.13. The minimum Gasteiger partial charge on any atom is -0.444 e. The number of piperazine rings is 1. The topological polar surface area (TPSA) is 58.8 Å². The standard InChI is InChI=1S/C15H22FN3O2/c1-15(2,3)21-14(20)19-9-7-18(8-10-19)12-6-4-5-11(16)13(12)17/h4-6H,7-10,17H2,1-3H3. The highest BCUT2D eigenvalue weighted by Gasteiger charge is 2.26. The first kappa shape index (κ1) is 15.4. The van der Waals surface area contributed by atoms with Gasteiger partial charge in [-0.1, -0.05) is 6.07 Å². The fraction of sp³-hybridized carbons (Fsp3) is 0.533. The number of nitrogen functional groups attached to an aromatic ring is 1. The molecule has 1 saturated heterocycles. The van der Waals surface area contributed by atoms with Gasteiger partial charge in [-0.15, -0.1) is 0 Å². The van der Waals surface area contributed by atoms with E-state index in [1.807, 2.05) is 25.7 Å². The van der Waals surface area contributed by atoms with Crippen LogP contribution in [0.25, 0.3) is 0 Å². The molecule has 1 amide bonds. The molecule has 2 rings (SSSR count). The fourth-order valence-corrected chi connectivity index (χ4v) is 2.26. The summed E-state index contributed by atoms with van der Waals surface area (Å²) in [5.74, 6) is -0.415. The molecule has 116 valence electrons. The van der Waals surface area contributed by atoms with Crippen molar-refractivity contribution in [3.63, 3.8) is 0 Å². The predicted molar refractivity (Wildman–Crippen MR) is 80.8 cm³/mol. The Morgan fingerprint density at radius 2 is 1.86 bits per heavy atom. The summed E-state index contributed by atoms with van der Waals surface area (Å²) in [6.45, 7) is 7.80. The summed E-state index contributed by atoms with van der Waals surface area (Å²) in [6, 6.07) is 4.78. The molecule has 6 heteroatoms. The number of nitrogens with zero attached hydrogens (tertiary/aromatic N) is 2. The van der Waals surface area contributed by atoms with Crippen LogP contribution in [-0.2, 0) is 4.74 Å². The lowest BCUT2D eigenvalue weighted by Crippen LogP contribution is -2.50. The zero-order chi connectivity index (χ0) is 15.6. The first-order valence-corrected chi connectivity index (χ1v) is 7.05. The van der Waals surface area contributed by atoms with Crippen molar-refractivity contribution in [1.82, 2.24) is 4.90 Å². The van der Waals surface area contributed by atoms with Gasteiger partial charge in [0.15, 0.2) is 0 Å². The highest BCUT2D eigenvalue weighted by Crippen LogP contribution is 2.26. The van der Waals surface area contributed by atoms with Gasteiger partial charge in [-0.3, -0.25) is 0 Å². The molecule has 1 aliphatic heterocycles. The molecule has 5 nitrogen and oxygen atoms in total. The molecule has 1 aliphatic rings. The molecule has 21 heavy (non-hydrogen) atoms. The monoisotopic (exact) mass is 295 g/mol. The van der Waals surface area contributed by atoms with Gasteiger partial charge in [0.25, 0.3) is 0 Å². The summed E-state index contributed by atoms with van der Waals surface area (Å²) in [5, 5.41) is 0. The normalized spacial score (nSPS) is 16.0. The third kappa shape index (κ3) is 3.77. The Hall–Kier alpha value is -1.98. The van der Waals surface area contributed by atoms with E-state index in [1.54, 1.807) is 17.0 Å². The Balaban J connectivity index is 1.97. The van der Waals surface area contributed by atoms with Gasteiger partial charge in [-0.2, -0.15) is 0 Å². The molecule has 0 spiro atoms. The number of hydrogen-bond donors (Lipinski definition) is 1. The van der Waals surface area contributed by atoms with Gasteiger partial charge in [0.2, 0.25) is 0 Å². The van der Waals surface area contributed by atoms with Crippen molar-refractivity contribution >= 4 is 17.5 Å². The van der Waals surface area contributed by atoms with Gasteiger partial charge in [0.1, 0.15) is 11.4 Å². The van der Waals surface area contributed by atoms with Crippen molar-refractivity contribution in [1.29, 1.82) is 0 Å². The summed E-state index contributed by atoms with van der Waals surface area (Å²) < 4.78 is 18.8. The Labute approximate surface area is 124 Å². The van der Waals surface area contributed by atoms with E-state index in [9.17, 15) is 9.18 Å².